The van der Waals surface area contributed by atoms with Crippen LogP contribution in [0.5, 0.6) is 0 Å². The molecule has 0 radical (unpaired) electrons. The molecule has 19 heavy (non-hydrogen) atoms. The Bertz CT molecular complexity index is 461. The SMILES string of the molecule is CC(=O)N(CC(=O)NCC(C)C)c1cccc(Cl)c1. The van der Waals surface area contributed by atoms with Crippen molar-refractivity contribution < 1.29 is 9.59 Å². The number of benzene rings is 1. The highest BCUT2D eigenvalue weighted by molar-refractivity contribution is 6.30. The van der Waals surface area contributed by atoms with Crippen molar-refractivity contribution in [2.24, 2.45) is 5.92 Å². The highest BCUT2D eigenvalue weighted by Gasteiger charge is 2.15. The molecule has 2 amide bonds. The Labute approximate surface area is 118 Å². The van der Waals surface area contributed by atoms with E-state index in [9.17, 15) is 9.59 Å². The number of carbonyl (C=O) groups excluding carboxylic acids is 2. The summed E-state index contributed by atoms with van der Waals surface area (Å²) in [7, 11) is 0. The second kappa shape index (κ2) is 7.14. The summed E-state index contributed by atoms with van der Waals surface area (Å²) in [5.41, 5.74) is 0.625. The third-order valence-electron chi connectivity index (χ3n) is 2.51. The van der Waals surface area contributed by atoms with Gasteiger partial charge >= 0.3 is 0 Å². The number of rotatable bonds is 5. The molecule has 5 heteroatoms. The van der Waals surface area contributed by atoms with Crippen LogP contribution in [-0.4, -0.2) is 24.9 Å². The smallest absolute Gasteiger partial charge is 0.240 e. The van der Waals surface area contributed by atoms with E-state index in [1.807, 2.05) is 13.8 Å². The summed E-state index contributed by atoms with van der Waals surface area (Å²) >= 11 is 5.89. The summed E-state index contributed by atoms with van der Waals surface area (Å²) in [5, 5.41) is 3.32. The highest BCUT2D eigenvalue weighted by atomic mass is 35.5. The molecule has 4 nitrogen and oxygen atoms in total. The molecule has 0 saturated carbocycles. The number of hydrogen-bond donors (Lipinski definition) is 1. The molecule has 0 aromatic heterocycles. The van der Waals surface area contributed by atoms with Gasteiger partial charge in [-0.1, -0.05) is 31.5 Å². The van der Waals surface area contributed by atoms with Crippen molar-refractivity contribution in [1.29, 1.82) is 0 Å². The van der Waals surface area contributed by atoms with Gasteiger partial charge in [-0.2, -0.15) is 0 Å². The van der Waals surface area contributed by atoms with Crippen LogP contribution in [0.1, 0.15) is 20.8 Å². The van der Waals surface area contributed by atoms with Gasteiger partial charge in [0.1, 0.15) is 6.54 Å². The van der Waals surface area contributed by atoms with Gasteiger partial charge in [0.25, 0.3) is 0 Å². The van der Waals surface area contributed by atoms with E-state index >= 15 is 0 Å². The van der Waals surface area contributed by atoms with Crippen LogP contribution in [0.25, 0.3) is 0 Å². The average molecular weight is 283 g/mol. The van der Waals surface area contributed by atoms with Crippen molar-refractivity contribution in [2.75, 3.05) is 18.0 Å². The van der Waals surface area contributed by atoms with Gasteiger partial charge in [-0.3, -0.25) is 9.59 Å². The Kier molecular flexibility index (Phi) is 5.83. The lowest BCUT2D eigenvalue weighted by Gasteiger charge is -2.21. The van der Waals surface area contributed by atoms with Crippen LogP contribution in [0.4, 0.5) is 5.69 Å². The first-order valence-corrected chi connectivity index (χ1v) is 6.58. The molecule has 0 fully saturated rings. The van der Waals surface area contributed by atoms with Gasteiger partial charge < -0.3 is 10.2 Å². The minimum atomic E-state index is -0.193. The van der Waals surface area contributed by atoms with Gasteiger partial charge in [0.2, 0.25) is 11.8 Å². The van der Waals surface area contributed by atoms with Gasteiger partial charge in [-0.25, -0.2) is 0 Å². The van der Waals surface area contributed by atoms with E-state index in [-0.39, 0.29) is 18.4 Å². The second-order valence-electron chi connectivity index (χ2n) is 4.78. The molecule has 0 unspecified atom stereocenters. The monoisotopic (exact) mass is 282 g/mol. The Balaban J connectivity index is 2.74. The zero-order valence-electron chi connectivity index (χ0n) is 11.4. The number of anilines is 1. The molecule has 0 saturated heterocycles. The summed E-state index contributed by atoms with van der Waals surface area (Å²) < 4.78 is 0. The quantitative estimate of drug-likeness (QED) is 0.902. The number of nitrogens with one attached hydrogen (secondary N) is 1. The molecule has 0 bridgehead atoms. The number of amides is 2. The maximum absolute atomic E-state index is 11.8. The van der Waals surface area contributed by atoms with Crippen molar-refractivity contribution in [3.8, 4) is 0 Å². The molecule has 1 aromatic rings. The van der Waals surface area contributed by atoms with Crippen molar-refractivity contribution in [3.63, 3.8) is 0 Å². The zero-order valence-corrected chi connectivity index (χ0v) is 12.2. The predicted octanol–water partition coefficient (Wildman–Crippen LogP) is 2.47. The first-order chi connectivity index (χ1) is 8.90. The first-order valence-electron chi connectivity index (χ1n) is 6.20. The lowest BCUT2D eigenvalue weighted by atomic mass is 10.2. The zero-order chi connectivity index (χ0) is 14.4. The van der Waals surface area contributed by atoms with Gasteiger partial charge in [0.15, 0.2) is 0 Å². The van der Waals surface area contributed by atoms with Crippen LogP contribution in [0.2, 0.25) is 5.02 Å². The molecule has 1 rings (SSSR count). The number of carbonyl (C=O) groups is 2. The van der Waals surface area contributed by atoms with Gasteiger partial charge in [-0.15, -0.1) is 0 Å². The van der Waals surface area contributed by atoms with Crippen molar-refractivity contribution in [2.45, 2.75) is 20.8 Å². The average Bonchev–Trinajstić information content (AvgIpc) is 2.33. The molecule has 0 aliphatic rings. The van der Waals surface area contributed by atoms with Crippen LogP contribution in [0, 0.1) is 5.92 Å². The van der Waals surface area contributed by atoms with Gasteiger partial charge in [-0.05, 0) is 24.1 Å². The minimum Gasteiger partial charge on any atom is -0.354 e. The van der Waals surface area contributed by atoms with Crippen molar-refractivity contribution >= 4 is 29.1 Å². The molecule has 1 aromatic carbocycles. The molecule has 0 heterocycles. The van der Waals surface area contributed by atoms with E-state index in [4.69, 9.17) is 11.6 Å². The van der Waals surface area contributed by atoms with Crippen LogP contribution < -0.4 is 10.2 Å². The maximum atomic E-state index is 11.8. The highest BCUT2D eigenvalue weighted by Crippen LogP contribution is 2.19. The second-order valence-corrected chi connectivity index (χ2v) is 5.22. The fourth-order valence-electron chi connectivity index (χ4n) is 1.55. The topological polar surface area (TPSA) is 49.4 Å². The Morgan fingerprint density at radius 1 is 1.37 bits per heavy atom. The first kappa shape index (κ1) is 15.5. The van der Waals surface area contributed by atoms with E-state index in [2.05, 4.69) is 5.32 Å². The Morgan fingerprint density at radius 2 is 2.05 bits per heavy atom. The minimum absolute atomic E-state index is 0.00238. The standard InChI is InChI=1S/C14H19ClN2O2/c1-10(2)8-16-14(19)9-17(11(3)18)13-6-4-5-12(15)7-13/h4-7,10H,8-9H2,1-3H3,(H,16,19). The predicted molar refractivity (Wildman–Crippen MR) is 77.3 cm³/mol. The molecule has 0 aliphatic carbocycles. The summed E-state index contributed by atoms with van der Waals surface area (Å²) in [5.74, 6) is 0.00624. The summed E-state index contributed by atoms with van der Waals surface area (Å²) in [6, 6.07) is 6.89. The van der Waals surface area contributed by atoms with E-state index in [1.165, 1.54) is 11.8 Å². The normalized spacial score (nSPS) is 10.4. The lowest BCUT2D eigenvalue weighted by molar-refractivity contribution is -0.123. The molecule has 0 spiro atoms. The Morgan fingerprint density at radius 3 is 2.58 bits per heavy atom. The van der Waals surface area contributed by atoms with E-state index in [1.54, 1.807) is 24.3 Å². The summed E-state index contributed by atoms with van der Waals surface area (Å²) in [6.45, 7) is 6.05. The van der Waals surface area contributed by atoms with Crippen LogP contribution in [0.3, 0.4) is 0 Å². The Hall–Kier alpha value is -1.55. The van der Waals surface area contributed by atoms with E-state index in [0.717, 1.165) is 0 Å². The summed E-state index contributed by atoms with van der Waals surface area (Å²) in [4.78, 5) is 24.8. The fourth-order valence-corrected chi connectivity index (χ4v) is 1.73. The van der Waals surface area contributed by atoms with E-state index in [0.29, 0.717) is 23.2 Å². The van der Waals surface area contributed by atoms with Crippen molar-refractivity contribution in [3.05, 3.63) is 29.3 Å². The maximum Gasteiger partial charge on any atom is 0.240 e. The molecule has 0 aliphatic heterocycles. The lowest BCUT2D eigenvalue weighted by Crippen LogP contribution is -2.40. The van der Waals surface area contributed by atoms with Crippen LogP contribution in [0.15, 0.2) is 24.3 Å². The third-order valence-corrected chi connectivity index (χ3v) is 2.74. The summed E-state index contributed by atoms with van der Waals surface area (Å²) in [6.07, 6.45) is 0. The van der Waals surface area contributed by atoms with Crippen LogP contribution >= 0.6 is 11.6 Å². The number of nitrogens with zero attached hydrogens (tertiary/aromatic N) is 1. The molecule has 0 atom stereocenters. The number of halogens is 1. The largest absolute Gasteiger partial charge is 0.354 e. The molecule has 1 N–H and O–H groups in total. The number of hydrogen-bond acceptors (Lipinski definition) is 2. The molecule has 104 valence electrons. The third kappa shape index (κ3) is 5.30. The van der Waals surface area contributed by atoms with Crippen LogP contribution in [-0.2, 0) is 9.59 Å². The van der Waals surface area contributed by atoms with Gasteiger partial charge in [0, 0.05) is 24.2 Å². The fraction of sp³-hybridized carbons (Fsp3) is 0.429. The molecular formula is C14H19ClN2O2. The molecular weight excluding hydrogens is 264 g/mol. The van der Waals surface area contributed by atoms with Gasteiger partial charge in [0.05, 0.1) is 0 Å². The van der Waals surface area contributed by atoms with E-state index < -0.39 is 0 Å². The van der Waals surface area contributed by atoms with Crippen molar-refractivity contribution in [1.82, 2.24) is 5.32 Å².